The van der Waals surface area contributed by atoms with Gasteiger partial charge >= 0.3 is 11.9 Å². The van der Waals surface area contributed by atoms with Gasteiger partial charge in [-0.15, -0.1) is 0 Å². The van der Waals surface area contributed by atoms with Crippen molar-refractivity contribution in [1.29, 1.82) is 0 Å². The standard InChI is InChI=1S/C11H18O4/c1-7(5-9(12)14-4)11(3)6-8(2)15-10(11)13/h7-8H,5-6H2,1-4H3/t7-,8-,11+/m1/s1. The Balaban J connectivity index is 2.69. The molecule has 0 aromatic rings. The summed E-state index contributed by atoms with van der Waals surface area (Å²) in [6.07, 6.45) is 0.876. The third kappa shape index (κ3) is 2.30. The highest BCUT2D eigenvalue weighted by Gasteiger charge is 2.48. The quantitative estimate of drug-likeness (QED) is 0.668. The summed E-state index contributed by atoms with van der Waals surface area (Å²) >= 11 is 0. The molecule has 1 fully saturated rings. The van der Waals surface area contributed by atoms with Gasteiger partial charge in [0.05, 0.1) is 12.5 Å². The first-order valence-electron chi connectivity index (χ1n) is 5.18. The van der Waals surface area contributed by atoms with Gasteiger partial charge in [0, 0.05) is 12.8 Å². The molecule has 15 heavy (non-hydrogen) atoms. The number of carbonyl (C=O) groups is 2. The minimum Gasteiger partial charge on any atom is -0.469 e. The van der Waals surface area contributed by atoms with Crippen LogP contribution in [0.4, 0.5) is 0 Å². The number of methoxy groups -OCH3 is 1. The van der Waals surface area contributed by atoms with E-state index in [0.717, 1.165) is 0 Å². The van der Waals surface area contributed by atoms with Crippen LogP contribution in [0, 0.1) is 11.3 Å². The summed E-state index contributed by atoms with van der Waals surface area (Å²) in [5.41, 5.74) is -0.548. The lowest BCUT2D eigenvalue weighted by molar-refractivity contribution is -0.151. The van der Waals surface area contributed by atoms with Gasteiger partial charge in [0.15, 0.2) is 0 Å². The molecule has 1 rings (SSSR count). The second-order valence-electron chi connectivity index (χ2n) is 4.52. The van der Waals surface area contributed by atoms with Crippen molar-refractivity contribution in [3.05, 3.63) is 0 Å². The van der Waals surface area contributed by atoms with E-state index in [4.69, 9.17) is 4.74 Å². The Morgan fingerprint density at radius 1 is 1.73 bits per heavy atom. The molecule has 0 aliphatic carbocycles. The van der Waals surface area contributed by atoms with Crippen molar-refractivity contribution in [3.8, 4) is 0 Å². The Morgan fingerprint density at radius 3 is 2.73 bits per heavy atom. The van der Waals surface area contributed by atoms with Crippen molar-refractivity contribution in [2.45, 2.75) is 39.7 Å². The summed E-state index contributed by atoms with van der Waals surface area (Å²) in [5.74, 6) is -0.537. The molecule has 0 bridgehead atoms. The van der Waals surface area contributed by atoms with E-state index in [2.05, 4.69) is 4.74 Å². The molecule has 0 aromatic heterocycles. The summed E-state index contributed by atoms with van der Waals surface area (Å²) in [5, 5.41) is 0. The fourth-order valence-electron chi connectivity index (χ4n) is 2.00. The van der Waals surface area contributed by atoms with Gasteiger partial charge in [-0.25, -0.2) is 0 Å². The fourth-order valence-corrected chi connectivity index (χ4v) is 2.00. The van der Waals surface area contributed by atoms with E-state index in [1.165, 1.54) is 7.11 Å². The molecule has 0 aromatic carbocycles. The number of hydrogen-bond acceptors (Lipinski definition) is 4. The SMILES string of the molecule is COC(=O)C[C@@H](C)[C@]1(C)C[C@@H](C)OC1=O. The highest BCUT2D eigenvalue weighted by Crippen LogP contribution is 2.41. The van der Waals surface area contributed by atoms with E-state index >= 15 is 0 Å². The normalized spacial score (nSPS) is 32.3. The number of ether oxygens (including phenoxy) is 2. The van der Waals surface area contributed by atoms with Gasteiger partial charge in [0.2, 0.25) is 0 Å². The van der Waals surface area contributed by atoms with E-state index in [-0.39, 0.29) is 30.4 Å². The Kier molecular flexibility index (Phi) is 3.37. The van der Waals surface area contributed by atoms with Crippen molar-refractivity contribution >= 4 is 11.9 Å². The maximum Gasteiger partial charge on any atom is 0.312 e. The van der Waals surface area contributed by atoms with E-state index in [0.29, 0.717) is 6.42 Å². The van der Waals surface area contributed by atoms with Gasteiger partial charge < -0.3 is 9.47 Å². The Bertz CT molecular complexity index is 274. The number of cyclic esters (lactones) is 1. The molecular formula is C11H18O4. The first kappa shape index (κ1) is 12.0. The number of esters is 2. The molecule has 1 heterocycles. The summed E-state index contributed by atoms with van der Waals surface area (Å²) in [4.78, 5) is 22.8. The van der Waals surface area contributed by atoms with Crippen LogP contribution in [0.3, 0.4) is 0 Å². The minimum absolute atomic E-state index is 0.0532. The lowest BCUT2D eigenvalue weighted by atomic mass is 9.74. The third-order valence-electron chi connectivity index (χ3n) is 3.27. The predicted molar refractivity (Wildman–Crippen MR) is 54.1 cm³/mol. The van der Waals surface area contributed by atoms with Gasteiger partial charge in [-0.05, 0) is 19.8 Å². The molecule has 0 amide bonds. The van der Waals surface area contributed by atoms with Crippen LogP contribution in [0.25, 0.3) is 0 Å². The monoisotopic (exact) mass is 214 g/mol. The maximum atomic E-state index is 11.6. The number of hydrogen-bond donors (Lipinski definition) is 0. The molecule has 0 spiro atoms. The molecule has 3 atom stereocenters. The molecule has 0 unspecified atom stereocenters. The molecule has 4 nitrogen and oxygen atoms in total. The van der Waals surface area contributed by atoms with Gasteiger partial charge in [0.25, 0.3) is 0 Å². The van der Waals surface area contributed by atoms with Gasteiger partial charge in [0.1, 0.15) is 6.10 Å². The topological polar surface area (TPSA) is 52.6 Å². The summed E-state index contributed by atoms with van der Waals surface area (Å²) in [7, 11) is 1.35. The van der Waals surface area contributed by atoms with Crippen molar-refractivity contribution < 1.29 is 19.1 Å². The predicted octanol–water partition coefficient (Wildman–Crippen LogP) is 1.53. The molecule has 1 aliphatic heterocycles. The number of carbonyl (C=O) groups excluding carboxylic acids is 2. The smallest absolute Gasteiger partial charge is 0.312 e. The van der Waals surface area contributed by atoms with E-state index in [1.54, 1.807) is 0 Å². The summed E-state index contributed by atoms with van der Waals surface area (Å²) in [6.45, 7) is 5.61. The zero-order valence-electron chi connectivity index (χ0n) is 9.70. The van der Waals surface area contributed by atoms with Crippen LogP contribution in [0.2, 0.25) is 0 Å². The molecule has 0 saturated carbocycles. The van der Waals surface area contributed by atoms with Crippen LogP contribution in [0.1, 0.15) is 33.6 Å². The van der Waals surface area contributed by atoms with Gasteiger partial charge in [-0.2, -0.15) is 0 Å². The molecule has 0 radical (unpaired) electrons. The second kappa shape index (κ2) is 4.21. The van der Waals surface area contributed by atoms with Crippen LogP contribution in [-0.2, 0) is 19.1 Å². The molecule has 1 saturated heterocycles. The highest BCUT2D eigenvalue weighted by atomic mass is 16.6. The van der Waals surface area contributed by atoms with Crippen LogP contribution in [0.5, 0.6) is 0 Å². The van der Waals surface area contributed by atoms with Gasteiger partial charge in [-0.1, -0.05) is 6.92 Å². The van der Waals surface area contributed by atoms with Crippen molar-refractivity contribution in [3.63, 3.8) is 0 Å². The number of rotatable bonds is 3. The average Bonchev–Trinajstić information content (AvgIpc) is 2.41. The van der Waals surface area contributed by atoms with E-state index in [1.807, 2.05) is 20.8 Å². The van der Waals surface area contributed by atoms with Crippen LogP contribution < -0.4 is 0 Å². The Morgan fingerprint density at radius 2 is 2.33 bits per heavy atom. The molecular weight excluding hydrogens is 196 g/mol. The van der Waals surface area contributed by atoms with E-state index < -0.39 is 5.41 Å². The van der Waals surface area contributed by atoms with Crippen molar-refractivity contribution in [2.75, 3.05) is 7.11 Å². The van der Waals surface area contributed by atoms with Crippen LogP contribution >= 0.6 is 0 Å². The van der Waals surface area contributed by atoms with Gasteiger partial charge in [-0.3, -0.25) is 9.59 Å². The Hall–Kier alpha value is -1.06. The maximum absolute atomic E-state index is 11.6. The zero-order chi connectivity index (χ0) is 11.6. The summed E-state index contributed by atoms with van der Waals surface area (Å²) in [6, 6.07) is 0. The lowest BCUT2D eigenvalue weighted by Crippen LogP contribution is -2.32. The molecule has 0 N–H and O–H groups in total. The largest absolute Gasteiger partial charge is 0.469 e. The molecule has 4 heteroatoms. The molecule has 1 aliphatic rings. The second-order valence-corrected chi connectivity index (χ2v) is 4.52. The first-order chi connectivity index (χ1) is 6.90. The minimum atomic E-state index is -0.548. The zero-order valence-corrected chi connectivity index (χ0v) is 9.70. The Labute approximate surface area is 89.9 Å². The molecule has 86 valence electrons. The first-order valence-corrected chi connectivity index (χ1v) is 5.18. The average molecular weight is 214 g/mol. The van der Waals surface area contributed by atoms with Crippen molar-refractivity contribution in [1.82, 2.24) is 0 Å². The van der Waals surface area contributed by atoms with Crippen molar-refractivity contribution in [2.24, 2.45) is 11.3 Å². The van der Waals surface area contributed by atoms with E-state index in [9.17, 15) is 9.59 Å². The van der Waals surface area contributed by atoms with Crippen LogP contribution in [0.15, 0.2) is 0 Å². The highest BCUT2D eigenvalue weighted by molar-refractivity contribution is 5.80. The lowest BCUT2D eigenvalue weighted by Gasteiger charge is -2.26. The summed E-state index contributed by atoms with van der Waals surface area (Å²) < 4.78 is 9.72. The van der Waals surface area contributed by atoms with Crippen LogP contribution in [-0.4, -0.2) is 25.2 Å². The third-order valence-corrected chi connectivity index (χ3v) is 3.27. The fraction of sp³-hybridized carbons (Fsp3) is 0.818.